The maximum atomic E-state index is 14.0. The van der Waals surface area contributed by atoms with Crippen molar-refractivity contribution in [3.05, 3.63) is 35.8 Å². The van der Waals surface area contributed by atoms with E-state index in [1.165, 1.54) is 7.11 Å². The number of thioether (sulfide) groups is 1. The molecule has 0 spiro atoms. The molecule has 11 heteroatoms. The van der Waals surface area contributed by atoms with Crippen molar-refractivity contribution in [3.8, 4) is 5.88 Å². The Morgan fingerprint density at radius 2 is 2.22 bits per heavy atom. The summed E-state index contributed by atoms with van der Waals surface area (Å²) in [4.78, 5) is 19.3. The zero-order valence-corrected chi connectivity index (χ0v) is 16.6. The predicted molar refractivity (Wildman–Crippen MR) is 104 cm³/mol. The molecule has 0 bridgehead atoms. The molecular weight excluding hydrogens is 393 g/mol. The smallest absolute Gasteiger partial charge is 0.255 e. The van der Waals surface area contributed by atoms with Gasteiger partial charge in [0.1, 0.15) is 5.50 Å². The van der Waals surface area contributed by atoms with E-state index in [-0.39, 0.29) is 35.4 Å². The highest BCUT2D eigenvalue weighted by atomic mass is 35.5. The molecule has 0 saturated carbocycles. The minimum atomic E-state index is -0.535. The van der Waals surface area contributed by atoms with Crippen LogP contribution < -0.4 is 20.7 Å². The van der Waals surface area contributed by atoms with Crippen molar-refractivity contribution in [3.63, 3.8) is 0 Å². The van der Waals surface area contributed by atoms with Crippen molar-refractivity contribution < 1.29 is 9.13 Å². The van der Waals surface area contributed by atoms with Crippen molar-refractivity contribution in [2.45, 2.75) is 18.0 Å². The van der Waals surface area contributed by atoms with E-state index >= 15 is 0 Å². The number of aromatic nitrogens is 4. The first-order chi connectivity index (χ1) is 12.5. The number of rotatable bonds is 3. The van der Waals surface area contributed by atoms with Crippen LogP contribution in [0.25, 0.3) is 0 Å². The Balaban J connectivity index is 0.00000210. The summed E-state index contributed by atoms with van der Waals surface area (Å²) in [5.41, 5.74) is 6.63. The van der Waals surface area contributed by atoms with Gasteiger partial charge in [0.15, 0.2) is 0 Å². The lowest BCUT2D eigenvalue weighted by molar-refractivity contribution is 0.266. The molecule has 0 radical (unpaired) electrons. The largest absolute Gasteiger partial charge is 0.479 e. The molecular formula is C16H21ClFN7OS. The number of nitrogens with two attached hydrogens (primary N) is 1. The minimum absolute atomic E-state index is 0. The summed E-state index contributed by atoms with van der Waals surface area (Å²) in [5, 5.41) is 3.50. The third-order valence-electron chi connectivity index (χ3n) is 4.93. The Hall–Kier alpha value is -1.75. The van der Waals surface area contributed by atoms with Crippen LogP contribution in [0.3, 0.4) is 0 Å². The number of aryl methyl sites for hydroxylation is 1. The van der Waals surface area contributed by atoms with E-state index in [1.807, 2.05) is 4.90 Å². The fourth-order valence-corrected chi connectivity index (χ4v) is 4.75. The number of nitrogens with one attached hydrogen (secondary N) is 1. The predicted octanol–water partition coefficient (Wildman–Crippen LogP) is 1.05. The topological polar surface area (TPSA) is 102 Å². The molecule has 1 unspecified atom stereocenters. The normalized spacial score (nSPS) is 27.0. The first kappa shape index (κ1) is 20.0. The summed E-state index contributed by atoms with van der Waals surface area (Å²) in [5.74, 6) is 0.975. The van der Waals surface area contributed by atoms with E-state index in [1.54, 1.807) is 37.3 Å². The zero-order valence-electron chi connectivity index (χ0n) is 14.9. The van der Waals surface area contributed by atoms with Crippen LogP contribution in [-0.2, 0) is 5.54 Å². The molecule has 2 aromatic heterocycles. The van der Waals surface area contributed by atoms with Gasteiger partial charge in [0, 0.05) is 37.2 Å². The molecule has 8 nitrogen and oxygen atoms in total. The first-order valence-corrected chi connectivity index (χ1v) is 9.33. The van der Waals surface area contributed by atoms with Crippen LogP contribution in [0.1, 0.15) is 11.4 Å². The molecule has 3 atom stereocenters. The van der Waals surface area contributed by atoms with Gasteiger partial charge in [-0.2, -0.15) is 9.37 Å². The Morgan fingerprint density at radius 1 is 1.41 bits per heavy atom. The molecule has 4 rings (SSSR count). The van der Waals surface area contributed by atoms with Crippen molar-refractivity contribution in [1.82, 2.24) is 25.3 Å². The van der Waals surface area contributed by atoms with Crippen molar-refractivity contribution >= 4 is 30.1 Å². The molecule has 4 heterocycles. The second-order valence-corrected chi connectivity index (χ2v) is 7.64. The van der Waals surface area contributed by atoms with Gasteiger partial charge in [0.25, 0.3) is 5.88 Å². The minimum Gasteiger partial charge on any atom is -0.479 e. The van der Waals surface area contributed by atoms with Crippen LogP contribution in [0.2, 0.25) is 0 Å². The molecule has 146 valence electrons. The van der Waals surface area contributed by atoms with Crippen LogP contribution in [0.4, 0.5) is 10.3 Å². The number of anilines is 1. The fourth-order valence-electron chi connectivity index (χ4n) is 3.63. The molecule has 3 N–H and O–H groups in total. The van der Waals surface area contributed by atoms with Crippen molar-refractivity contribution in [1.29, 1.82) is 0 Å². The highest BCUT2D eigenvalue weighted by Gasteiger charge is 2.52. The third-order valence-corrected chi connectivity index (χ3v) is 6.00. The molecule has 27 heavy (non-hydrogen) atoms. The third kappa shape index (κ3) is 3.42. The molecule has 0 amide bonds. The average Bonchev–Trinajstić information content (AvgIpc) is 3.04. The number of fused-ring (bicyclic) bond motifs is 1. The highest BCUT2D eigenvalue weighted by Crippen LogP contribution is 2.43. The molecule has 2 fully saturated rings. The fraction of sp³-hybridized carbons (Fsp3) is 0.500. The molecule has 2 aliphatic rings. The van der Waals surface area contributed by atoms with E-state index in [2.05, 4.69) is 25.3 Å². The standard InChI is InChI=1S/C16H20FN7OS.ClH/c1-9-12(17)13(25-2)22-15(21-9)24-6-10-7-26-14(18)23-16(10,8-24)11-5-19-3-4-20-11;/h3-5,10,14,23H,6-8,18H2,1-2H3;1H/t10-,14?,16-;/m0./s1. The maximum Gasteiger partial charge on any atom is 0.255 e. The van der Waals surface area contributed by atoms with Gasteiger partial charge in [0.05, 0.1) is 30.2 Å². The lowest BCUT2D eigenvalue weighted by Crippen LogP contribution is -2.59. The van der Waals surface area contributed by atoms with Crippen LogP contribution in [0.15, 0.2) is 18.6 Å². The molecule has 2 saturated heterocycles. The molecule has 2 aliphatic heterocycles. The van der Waals surface area contributed by atoms with Crippen molar-refractivity contribution in [2.75, 3.05) is 30.9 Å². The summed E-state index contributed by atoms with van der Waals surface area (Å²) in [6.45, 7) is 2.88. The monoisotopic (exact) mass is 413 g/mol. The van der Waals surface area contributed by atoms with Gasteiger partial charge in [-0.3, -0.25) is 15.3 Å². The summed E-state index contributed by atoms with van der Waals surface area (Å²) in [7, 11) is 1.40. The van der Waals surface area contributed by atoms with Gasteiger partial charge in [0.2, 0.25) is 11.8 Å². The lowest BCUT2D eigenvalue weighted by atomic mass is 9.85. The molecule has 0 aliphatic carbocycles. The number of halogens is 2. The molecule has 2 aromatic rings. The van der Waals surface area contributed by atoms with Crippen LogP contribution in [0, 0.1) is 18.7 Å². The Labute approximate surface area is 166 Å². The maximum absolute atomic E-state index is 14.0. The molecule has 0 aromatic carbocycles. The van der Waals surface area contributed by atoms with Gasteiger partial charge in [-0.1, -0.05) is 0 Å². The second kappa shape index (κ2) is 7.70. The van der Waals surface area contributed by atoms with Gasteiger partial charge >= 0.3 is 0 Å². The van der Waals surface area contributed by atoms with E-state index in [4.69, 9.17) is 10.5 Å². The van der Waals surface area contributed by atoms with Crippen LogP contribution in [0.5, 0.6) is 5.88 Å². The van der Waals surface area contributed by atoms with Gasteiger partial charge in [-0.05, 0) is 6.92 Å². The van der Waals surface area contributed by atoms with Gasteiger partial charge in [-0.25, -0.2) is 4.98 Å². The van der Waals surface area contributed by atoms with Crippen LogP contribution >= 0.6 is 24.2 Å². The van der Waals surface area contributed by atoms with E-state index in [9.17, 15) is 4.39 Å². The number of ether oxygens (including phenoxy) is 1. The average molecular weight is 414 g/mol. The number of methoxy groups -OCH3 is 1. The Kier molecular flexibility index (Phi) is 5.71. The van der Waals surface area contributed by atoms with E-state index < -0.39 is 11.4 Å². The SMILES string of the molecule is COc1nc(N2C[C@H]3CSC(N)N[C@@]3(c3cnccn3)C2)nc(C)c1F.Cl. The zero-order chi connectivity index (χ0) is 18.3. The second-order valence-electron chi connectivity index (χ2n) is 6.47. The highest BCUT2D eigenvalue weighted by molar-refractivity contribution is 7.99. The van der Waals surface area contributed by atoms with Gasteiger partial charge in [-0.15, -0.1) is 24.2 Å². The number of hydrogen-bond acceptors (Lipinski definition) is 9. The quantitative estimate of drug-likeness (QED) is 0.764. The first-order valence-electron chi connectivity index (χ1n) is 8.28. The lowest BCUT2D eigenvalue weighted by Gasteiger charge is -2.41. The number of hydrogen-bond donors (Lipinski definition) is 2. The summed E-state index contributed by atoms with van der Waals surface area (Å²) in [6.07, 6.45) is 5.10. The van der Waals surface area contributed by atoms with E-state index in [0.29, 0.717) is 19.0 Å². The summed E-state index contributed by atoms with van der Waals surface area (Å²) in [6, 6.07) is 0. The number of nitrogens with zero attached hydrogens (tertiary/aromatic N) is 5. The Morgan fingerprint density at radius 3 is 2.93 bits per heavy atom. The van der Waals surface area contributed by atoms with Gasteiger partial charge < -0.3 is 15.4 Å². The van der Waals surface area contributed by atoms with E-state index in [0.717, 1.165) is 11.4 Å². The van der Waals surface area contributed by atoms with Crippen LogP contribution in [-0.4, -0.2) is 51.4 Å². The summed E-state index contributed by atoms with van der Waals surface area (Å²) >= 11 is 1.66. The summed E-state index contributed by atoms with van der Waals surface area (Å²) < 4.78 is 19.1. The van der Waals surface area contributed by atoms with Crippen molar-refractivity contribution in [2.24, 2.45) is 11.7 Å². The Bertz CT molecular complexity index is 817.